The minimum absolute atomic E-state index is 0.398. The number of anilines is 1. The predicted molar refractivity (Wildman–Crippen MR) is 109 cm³/mol. The Kier molecular flexibility index (Phi) is 6.46. The topological polar surface area (TPSA) is 98.5 Å². The van der Waals surface area contributed by atoms with Crippen molar-refractivity contribution in [2.24, 2.45) is 5.73 Å². The van der Waals surface area contributed by atoms with E-state index in [0.717, 1.165) is 41.7 Å². The molecule has 28 heavy (non-hydrogen) atoms. The number of rotatable bonds is 7. The third kappa shape index (κ3) is 4.42. The molecule has 6 nitrogen and oxygen atoms in total. The summed E-state index contributed by atoms with van der Waals surface area (Å²) in [5, 5.41) is 3.16. The lowest BCUT2D eigenvalue weighted by Crippen LogP contribution is -2.25. The van der Waals surface area contributed by atoms with Crippen LogP contribution in [0.1, 0.15) is 58.5 Å². The fraction of sp³-hybridized carbons (Fsp3) is 0.381. The van der Waals surface area contributed by atoms with Crippen molar-refractivity contribution in [3.05, 3.63) is 51.9 Å². The number of carbonyl (C=O) groups is 3. The molecule has 1 aromatic carbocycles. The van der Waals surface area contributed by atoms with Gasteiger partial charge >= 0.3 is 5.97 Å². The highest BCUT2D eigenvalue weighted by molar-refractivity contribution is 7.17. The number of esters is 1. The predicted octanol–water partition coefficient (Wildman–Crippen LogP) is 3.40. The molecule has 0 saturated heterocycles. The molecule has 1 atom stereocenters. The van der Waals surface area contributed by atoms with E-state index in [9.17, 15) is 14.4 Å². The second-order valence-electron chi connectivity index (χ2n) is 6.81. The van der Waals surface area contributed by atoms with Gasteiger partial charge in [0.2, 0.25) is 0 Å². The summed E-state index contributed by atoms with van der Waals surface area (Å²) < 4.78 is 5.22. The molecular weight excluding hydrogens is 376 g/mol. The summed E-state index contributed by atoms with van der Waals surface area (Å²) in [6.45, 7) is 1.50. The third-order valence-corrected chi connectivity index (χ3v) is 6.12. The second-order valence-corrected chi connectivity index (χ2v) is 7.91. The molecule has 0 spiro atoms. The number of nitrogens with two attached hydrogens (primary N) is 1. The van der Waals surface area contributed by atoms with E-state index < -0.39 is 30.3 Å². The minimum Gasteiger partial charge on any atom is -0.455 e. The number of primary amides is 1. The first-order valence-corrected chi connectivity index (χ1v) is 10.3. The quantitative estimate of drug-likeness (QED) is 0.696. The van der Waals surface area contributed by atoms with E-state index >= 15 is 0 Å². The average molecular weight is 401 g/mol. The van der Waals surface area contributed by atoms with Gasteiger partial charge in [-0.25, -0.2) is 0 Å². The van der Waals surface area contributed by atoms with E-state index in [4.69, 9.17) is 10.5 Å². The molecule has 148 valence electrons. The monoisotopic (exact) mass is 400 g/mol. The average Bonchev–Trinajstić information content (AvgIpc) is 3.05. The van der Waals surface area contributed by atoms with E-state index in [2.05, 4.69) is 5.32 Å². The van der Waals surface area contributed by atoms with Crippen LogP contribution < -0.4 is 11.1 Å². The number of aryl methyl sites for hydroxylation is 1. The highest BCUT2D eigenvalue weighted by atomic mass is 32.1. The molecule has 1 aliphatic rings. The first-order valence-electron chi connectivity index (χ1n) is 9.47. The highest BCUT2D eigenvalue weighted by Gasteiger charge is 2.26. The van der Waals surface area contributed by atoms with Gasteiger partial charge in [-0.3, -0.25) is 14.4 Å². The van der Waals surface area contributed by atoms with E-state index in [1.54, 1.807) is 0 Å². The molecule has 2 amide bonds. The summed E-state index contributed by atoms with van der Waals surface area (Å²) in [6, 6.07) is 9.34. The molecule has 1 aliphatic carbocycles. The Morgan fingerprint density at radius 2 is 1.89 bits per heavy atom. The molecule has 1 heterocycles. The van der Waals surface area contributed by atoms with Crippen molar-refractivity contribution in [1.82, 2.24) is 0 Å². The van der Waals surface area contributed by atoms with Crippen molar-refractivity contribution in [3.8, 4) is 0 Å². The molecule has 0 radical (unpaired) electrons. The van der Waals surface area contributed by atoms with Crippen LogP contribution >= 0.6 is 11.3 Å². The second kappa shape index (κ2) is 9.01. The maximum Gasteiger partial charge on any atom is 0.313 e. The SMILES string of the molecule is CC[C@H](C(=O)OCC(=O)Nc1sc2c(c1C(N)=O)CCCC2)c1ccccc1. The van der Waals surface area contributed by atoms with Crippen molar-refractivity contribution in [3.63, 3.8) is 0 Å². The summed E-state index contributed by atoms with van der Waals surface area (Å²) in [5.74, 6) is -1.87. The van der Waals surface area contributed by atoms with Gasteiger partial charge in [0.1, 0.15) is 5.00 Å². The van der Waals surface area contributed by atoms with Gasteiger partial charge in [0, 0.05) is 4.88 Å². The van der Waals surface area contributed by atoms with Gasteiger partial charge in [0.15, 0.2) is 6.61 Å². The van der Waals surface area contributed by atoms with Crippen LogP contribution in [0.2, 0.25) is 0 Å². The third-order valence-electron chi connectivity index (χ3n) is 4.91. The van der Waals surface area contributed by atoms with Crippen molar-refractivity contribution in [2.75, 3.05) is 11.9 Å². The summed E-state index contributed by atoms with van der Waals surface area (Å²) in [5.41, 5.74) is 7.74. The molecule has 0 saturated carbocycles. The molecule has 0 unspecified atom stereocenters. The normalized spacial score (nSPS) is 14.0. The first-order chi connectivity index (χ1) is 13.5. The van der Waals surface area contributed by atoms with Crippen LogP contribution in [0.25, 0.3) is 0 Å². The number of amides is 2. The Balaban J connectivity index is 1.64. The number of nitrogens with one attached hydrogen (secondary N) is 1. The Labute approximate surface area is 168 Å². The number of hydrogen-bond donors (Lipinski definition) is 2. The molecule has 0 bridgehead atoms. The zero-order chi connectivity index (χ0) is 20.1. The van der Waals surface area contributed by atoms with Gasteiger partial charge in [-0.2, -0.15) is 0 Å². The summed E-state index contributed by atoms with van der Waals surface area (Å²) in [7, 11) is 0. The molecule has 2 aromatic rings. The highest BCUT2D eigenvalue weighted by Crippen LogP contribution is 2.37. The van der Waals surface area contributed by atoms with Crippen LogP contribution in [0.3, 0.4) is 0 Å². The Morgan fingerprint density at radius 3 is 2.57 bits per heavy atom. The lowest BCUT2D eigenvalue weighted by molar-refractivity contribution is -0.149. The van der Waals surface area contributed by atoms with Crippen LogP contribution in [0.5, 0.6) is 0 Å². The molecule has 0 fully saturated rings. The lowest BCUT2D eigenvalue weighted by atomic mass is 9.95. The number of carbonyl (C=O) groups excluding carboxylic acids is 3. The van der Waals surface area contributed by atoms with E-state index in [1.807, 2.05) is 37.3 Å². The Bertz CT molecular complexity index is 876. The Hall–Kier alpha value is -2.67. The smallest absolute Gasteiger partial charge is 0.313 e. The summed E-state index contributed by atoms with van der Waals surface area (Å²) >= 11 is 1.39. The van der Waals surface area contributed by atoms with Crippen molar-refractivity contribution < 1.29 is 19.1 Å². The summed E-state index contributed by atoms with van der Waals surface area (Å²) in [6.07, 6.45) is 4.33. The van der Waals surface area contributed by atoms with Gasteiger partial charge < -0.3 is 15.8 Å². The molecule has 0 aliphatic heterocycles. The van der Waals surface area contributed by atoms with Crippen molar-refractivity contribution >= 4 is 34.1 Å². The standard InChI is InChI=1S/C21H24N2O4S/c1-2-14(13-8-4-3-5-9-13)21(26)27-12-17(24)23-20-18(19(22)25)15-10-6-7-11-16(15)28-20/h3-5,8-9,14H,2,6-7,10-12H2,1H3,(H2,22,25)(H,23,24)/t14-/m0/s1. The number of ether oxygens (including phenoxy) is 1. The number of fused-ring (bicyclic) bond motifs is 1. The molecular formula is C21H24N2O4S. The van der Waals surface area contributed by atoms with Crippen LogP contribution in [0.15, 0.2) is 30.3 Å². The van der Waals surface area contributed by atoms with E-state index in [1.165, 1.54) is 11.3 Å². The molecule has 3 rings (SSSR count). The van der Waals surface area contributed by atoms with Gasteiger partial charge in [-0.05, 0) is 43.2 Å². The zero-order valence-electron chi connectivity index (χ0n) is 15.8. The van der Waals surface area contributed by atoms with Crippen LogP contribution in [0.4, 0.5) is 5.00 Å². The maximum absolute atomic E-state index is 12.4. The van der Waals surface area contributed by atoms with Gasteiger partial charge in [-0.15, -0.1) is 11.3 Å². The van der Waals surface area contributed by atoms with Crippen molar-refractivity contribution in [2.45, 2.75) is 44.9 Å². The van der Waals surface area contributed by atoms with E-state index in [0.29, 0.717) is 17.0 Å². The number of benzene rings is 1. The maximum atomic E-state index is 12.4. The van der Waals surface area contributed by atoms with Gasteiger partial charge in [-0.1, -0.05) is 37.3 Å². The zero-order valence-corrected chi connectivity index (χ0v) is 16.6. The molecule has 7 heteroatoms. The largest absolute Gasteiger partial charge is 0.455 e. The molecule has 3 N–H and O–H groups in total. The van der Waals surface area contributed by atoms with Crippen molar-refractivity contribution in [1.29, 1.82) is 0 Å². The number of thiophene rings is 1. The van der Waals surface area contributed by atoms with E-state index in [-0.39, 0.29) is 0 Å². The minimum atomic E-state index is -0.540. The fourth-order valence-corrected chi connectivity index (χ4v) is 4.85. The first kappa shape index (κ1) is 20.1. The Morgan fingerprint density at radius 1 is 1.18 bits per heavy atom. The van der Waals surface area contributed by atoms with Gasteiger partial charge in [0.05, 0.1) is 11.5 Å². The van der Waals surface area contributed by atoms with Crippen LogP contribution in [0, 0.1) is 0 Å². The fourth-order valence-electron chi connectivity index (χ4n) is 3.54. The lowest BCUT2D eigenvalue weighted by Gasteiger charge is -2.14. The van der Waals surface area contributed by atoms with Crippen LogP contribution in [-0.4, -0.2) is 24.4 Å². The van der Waals surface area contributed by atoms with Gasteiger partial charge in [0.25, 0.3) is 11.8 Å². The number of hydrogen-bond acceptors (Lipinski definition) is 5. The molecule has 1 aromatic heterocycles. The summed E-state index contributed by atoms with van der Waals surface area (Å²) in [4.78, 5) is 37.7. The van der Waals surface area contributed by atoms with Crippen LogP contribution in [-0.2, 0) is 27.2 Å².